The Hall–Kier alpha value is -4.53. The highest BCUT2D eigenvalue weighted by atomic mass is 16.6. The van der Waals surface area contributed by atoms with E-state index in [-0.39, 0.29) is 12.5 Å². The summed E-state index contributed by atoms with van der Waals surface area (Å²) in [5.74, 6) is -0.315. The van der Waals surface area contributed by atoms with Gasteiger partial charge < -0.3 is 29.6 Å². The molecule has 0 radical (unpaired) electrons. The molecule has 0 aliphatic carbocycles. The Balaban J connectivity index is 1.80. The van der Waals surface area contributed by atoms with E-state index in [2.05, 4.69) is 15.4 Å². The monoisotopic (exact) mass is 464 g/mol. The minimum absolute atomic E-state index is 0.275. The number of benzene rings is 3. The third kappa shape index (κ3) is 6.04. The fraction of sp³-hybridized carbons (Fsp3) is 0.160. The first-order valence-electron chi connectivity index (χ1n) is 10.2. The number of nitrogens with one attached hydrogen (secondary N) is 2. The SMILES string of the molecule is COC(=O)COc1cccc(C(=O)Nc2cc(OC)c(NC(=O)c3ccccc3)cc2OC)c1. The van der Waals surface area contributed by atoms with Gasteiger partial charge in [0.1, 0.15) is 17.2 Å². The van der Waals surface area contributed by atoms with Crippen molar-refractivity contribution >= 4 is 29.2 Å². The van der Waals surface area contributed by atoms with Crippen LogP contribution >= 0.6 is 0 Å². The van der Waals surface area contributed by atoms with Gasteiger partial charge in [0.05, 0.1) is 32.7 Å². The molecule has 0 fully saturated rings. The van der Waals surface area contributed by atoms with Crippen LogP contribution in [0.25, 0.3) is 0 Å². The number of hydrogen-bond acceptors (Lipinski definition) is 7. The smallest absolute Gasteiger partial charge is 0.343 e. The summed E-state index contributed by atoms with van der Waals surface area (Å²) < 4.78 is 20.7. The predicted octanol–water partition coefficient (Wildman–Crippen LogP) is 3.76. The van der Waals surface area contributed by atoms with E-state index in [1.54, 1.807) is 54.6 Å². The summed E-state index contributed by atoms with van der Waals surface area (Å²) >= 11 is 0. The van der Waals surface area contributed by atoms with Crippen molar-refractivity contribution in [2.45, 2.75) is 0 Å². The fourth-order valence-corrected chi connectivity index (χ4v) is 3.00. The van der Waals surface area contributed by atoms with E-state index >= 15 is 0 Å². The second-order valence-electron chi connectivity index (χ2n) is 6.92. The van der Waals surface area contributed by atoms with Gasteiger partial charge in [0.15, 0.2) is 6.61 Å². The lowest BCUT2D eigenvalue weighted by Crippen LogP contribution is -2.15. The van der Waals surface area contributed by atoms with Crippen LogP contribution in [-0.2, 0) is 9.53 Å². The summed E-state index contributed by atoms with van der Waals surface area (Å²) in [6.45, 7) is -0.275. The highest BCUT2D eigenvalue weighted by Crippen LogP contribution is 2.37. The van der Waals surface area contributed by atoms with Crippen molar-refractivity contribution in [2.24, 2.45) is 0 Å². The molecule has 3 aromatic carbocycles. The first kappa shape index (κ1) is 24.1. The van der Waals surface area contributed by atoms with Crippen LogP contribution in [0.5, 0.6) is 17.2 Å². The van der Waals surface area contributed by atoms with Gasteiger partial charge in [-0.3, -0.25) is 9.59 Å². The van der Waals surface area contributed by atoms with Crippen LogP contribution in [0.2, 0.25) is 0 Å². The molecular weight excluding hydrogens is 440 g/mol. The number of carbonyl (C=O) groups is 3. The third-order valence-corrected chi connectivity index (χ3v) is 4.73. The van der Waals surface area contributed by atoms with E-state index < -0.39 is 11.9 Å². The van der Waals surface area contributed by atoms with Crippen molar-refractivity contribution in [1.82, 2.24) is 0 Å². The Morgan fingerprint density at radius 1 is 0.706 bits per heavy atom. The Kier molecular flexibility index (Phi) is 8.07. The van der Waals surface area contributed by atoms with Gasteiger partial charge in [0.25, 0.3) is 11.8 Å². The van der Waals surface area contributed by atoms with Crippen LogP contribution in [0.3, 0.4) is 0 Å². The first-order chi connectivity index (χ1) is 16.4. The van der Waals surface area contributed by atoms with Crippen LogP contribution in [0.4, 0.5) is 11.4 Å². The molecule has 2 amide bonds. The lowest BCUT2D eigenvalue weighted by atomic mass is 10.1. The summed E-state index contributed by atoms with van der Waals surface area (Å²) in [6.07, 6.45) is 0. The summed E-state index contributed by atoms with van der Waals surface area (Å²) in [7, 11) is 4.16. The molecule has 9 nitrogen and oxygen atoms in total. The fourth-order valence-electron chi connectivity index (χ4n) is 3.00. The van der Waals surface area contributed by atoms with Gasteiger partial charge in [0.2, 0.25) is 0 Å². The van der Waals surface area contributed by atoms with Gasteiger partial charge in [-0.25, -0.2) is 4.79 Å². The normalized spacial score (nSPS) is 10.1. The molecule has 0 spiro atoms. The van der Waals surface area contributed by atoms with E-state index in [1.165, 1.54) is 27.4 Å². The summed E-state index contributed by atoms with van der Waals surface area (Å²) in [5, 5.41) is 5.55. The molecule has 0 aliphatic heterocycles. The summed E-state index contributed by atoms with van der Waals surface area (Å²) in [4.78, 5) is 36.7. The van der Waals surface area contributed by atoms with Crippen molar-refractivity contribution in [1.29, 1.82) is 0 Å². The zero-order chi connectivity index (χ0) is 24.5. The number of anilines is 2. The second kappa shape index (κ2) is 11.4. The lowest BCUT2D eigenvalue weighted by molar-refractivity contribution is -0.142. The summed E-state index contributed by atoms with van der Waals surface area (Å²) in [6, 6.07) is 18.2. The zero-order valence-electron chi connectivity index (χ0n) is 18.9. The molecule has 0 saturated heterocycles. The Morgan fingerprint density at radius 3 is 1.82 bits per heavy atom. The Morgan fingerprint density at radius 2 is 1.26 bits per heavy atom. The first-order valence-corrected chi connectivity index (χ1v) is 10.2. The third-order valence-electron chi connectivity index (χ3n) is 4.73. The van der Waals surface area contributed by atoms with E-state index in [9.17, 15) is 14.4 Å². The minimum Gasteiger partial charge on any atom is -0.494 e. The van der Waals surface area contributed by atoms with Crippen LogP contribution in [0, 0.1) is 0 Å². The molecule has 3 rings (SSSR count). The van der Waals surface area contributed by atoms with E-state index in [1.807, 2.05) is 6.07 Å². The Bertz CT molecular complexity index is 1180. The maximum atomic E-state index is 12.9. The average Bonchev–Trinajstić information content (AvgIpc) is 2.88. The molecule has 0 bridgehead atoms. The van der Waals surface area contributed by atoms with E-state index in [0.29, 0.717) is 39.8 Å². The van der Waals surface area contributed by atoms with Crippen molar-refractivity contribution < 1.29 is 33.3 Å². The molecule has 0 aliphatic rings. The highest BCUT2D eigenvalue weighted by Gasteiger charge is 2.17. The average molecular weight is 464 g/mol. The number of hydrogen-bond donors (Lipinski definition) is 2. The van der Waals surface area contributed by atoms with Gasteiger partial charge in [-0.05, 0) is 30.3 Å². The maximum absolute atomic E-state index is 12.9. The predicted molar refractivity (Wildman–Crippen MR) is 126 cm³/mol. The maximum Gasteiger partial charge on any atom is 0.343 e. The molecule has 3 aromatic rings. The standard InChI is InChI=1S/C25H24N2O7/c1-31-21-14-20(22(32-2)13-19(21)26-24(29)16-8-5-4-6-9-16)27-25(30)17-10-7-11-18(12-17)34-15-23(28)33-3/h4-14H,15H2,1-3H3,(H,26,29)(H,27,30). The number of amides is 2. The van der Waals surface area contributed by atoms with Crippen molar-refractivity contribution in [3.05, 3.63) is 77.9 Å². The topological polar surface area (TPSA) is 112 Å². The van der Waals surface area contributed by atoms with Crippen molar-refractivity contribution in [3.8, 4) is 17.2 Å². The molecule has 176 valence electrons. The molecule has 2 N–H and O–H groups in total. The number of carbonyl (C=O) groups excluding carboxylic acids is 3. The molecule has 0 atom stereocenters. The van der Waals surface area contributed by atoms with Crippen LogP contribution < -0.4 is 24.8 Å². The summed E-state index contributed by atoms with van der Waals surface area (Å²) in [5.41, 5.74) is 1.49. The quantitative estimate of drug-likeness (QED) is 0.464. The van der Waals surface area contributed by atoms with Crippen LogP contribution in [0.15, 0.2) is 66.7 Å². The number of ether oxygens (including phenoxy) is 4. The zero-order valence-corrected chi connectivity index (χ0v) is 18.9. The molecular formula is C25H24N2O7. The van der Waals surface area contributed by atoms with Gasteiger partial charge in [-0.15, -0.1) is 0 Å². The molecule has 0 saturated carbocycles. The number of methoxy groups -OCH3 is 3. The molecule has 0 aromatic heterocycles. The van der Waals surface area contributed by atoms with Gasteiger partial charge in [-0.2, -0.15) is 0 Å². The lowest BCUT2D eigenvalue weighted by Gasteiger charge is -2.16. The van der Waals surface area contributed by atoms with Crippen molar-refractivity contribution in [2.75, 3.05) is 38.6 Å². The number of rotatable bonds is 9. The van der Waals surface area contributed by atoms with Gasteiger partial charge in [-0.1, -0.05) is 24.3 Å². The van der Waals surface area contributed by atoms with Crippen LogP contribution in [0.1, 0.15) is 20.7 Å². The highest BCUT2D eigenvalue weighted by molar-refractivity contribution is 6.07. The van der Waals surface area contributed by atoms with E-state index in [4.69, 9.17) is 14.2 Å². The number of esters is 1. The second-order valence-corrected chi connectivity index (χ2v) is 6.92. The molecule has 34 heavy (non-hydrogen) atoms. The van der Waals surface area contributed by atoms with Crippen LogP contribution in [-0.4, -0.2) is 45.7 Å². The van der Waals surface area contributed by atoms with Gasteiger partial charge in [0, 0.05) is 23.3 Å². The van der Waals surface area contributed by atoms with Gasteiger partial charge >= 0.3 is 5.97 Å². The molecule has 0 unspecified atom stereocenters. The molecule has 0 heterocycles. The van der Waals surface area contributed by atoms with Crippen molar-refractivity contribution in [3.63, 3.8) is 0 Å². The largest absolute Gasteiger partial charge is 0.494 e. The Labute approximate surface area is 196 Å². The minimum atomic E-state index is -0.536. The molecule has 9 heteroatoms. The van der Waals surface area contributed by atoms with E-state index in [0.717, 1.165) is 0 Å².